The number of terminal acetylenes is 1. The molecule has 1 saturated carbocycles. The van der Waals surface area contributed by atoms with Gasteiger partial charge in [0.1, 0.15) is 5.60 Å². The second kappa shape index (κ2) is 8.33. The molecule has 0 radical (unpaired) electrons. The van der Waals surface area contributed by atoms with Crippen molar-refractivity contribution in [2.24, 2.45) is 10.2 Å². The summed E-state index contributed by atoms with van der Waals surface area (Å²) in [4.78, 5) is 27.0. The summed E-state index contributed by atoms with van der Waals surface area (Å²) in [6.45, 7) is 6.47. The molecule has 160 valence electrons. The maximum Gasteiger partial charge on any atom is 0.410 e. The van der Waals surface area contributed by atoms with Crippen LogP contribution in [0.2, 0.25) is 0 Å². The number of nitrogens with one attached hydrogen (secondary N) is 1. The number of likely N-dealkylation sites (tertiary alicyclic amines) is 1. The second-order valence-electron chi connectivity index (χ2n) is 9.69. The van der Waals surface area contributed by atoms with E-state index in [2.05, 4.69) is 21.5 Å². The van der Waals surface area contributed by atoms with E-state index < -0.39 is 11.3 Å². The Labute approximate surface area is 174 Å². The van der Waals surface area contributed by atoms with Crippen molar-refractivity contribution in [2.75, 3.05) is 6.54 Å². The molecular formula is C22H34N4O3. The highest BCUT2D eigenvalue weighted by atomic mass is 16.6. The first-order valence-corrected chi connectivity index (χ1v) is 10.8. The van der Waals surface area contributed by atoms with E-state index >= 15 is 0 Å². The van der Waals surface area contributed by atoms with Gasteiger partial charge in [0.2, 0.25) is 5.91 Å². The van der Waals surface area contributed by atoms with Gasteiger partial charge in [-0.25, -0.2) is 4.79 Å². The van der Waals surface area contributed by atoms with Gasteiger partial charge in [-0.1, -0.05) is 0 Å². The first-order valence-electron chi connectivity index (χ1n) is 10.8. The van der Waals surface area contributed by atoms with Crippen LogP contribution in [-0.4, -0.2) is 46.3 Å². The summed E-state index contributed by atoms with van der Waals surface area (Å²) < 4.78 is 5.63. The van der Waals surface area contributed by atoms with Crippen molar-refractivity contribution in [1.29, 1.82) is 0 Å². The fraction of sp³-hybridized carbons (Fsp3) is 0.818. The molecule has 2 amide bonds. The quantitative estimate of drug-likeness (QED) is 0.677. The summed E-state index contributed by atoms with van der Waals surface area (Å²) in [5, 5.41) is 11.3. The summed E-state index contributed by atoms with van der Waals surface area (Å²) in [5.74, 6) is 2.66. The molecule has 3 rings (SSSR count). The van der Waals surface area contributed by atoms with Gasteiger partial charge in [-0.05, 0) is 59.3 Å². The smallest absolute Gasteiger partial charge is 0.410 e. The van der Waals surface area contributed by atoms with Gasteiger partial charge < -0.3 is 15.0 Å². The van der Waals surface area contributed by atoms with Gasteiger partial charge in [-0.3, -0.25) is 4.79 Å². The lowest BCUT2D eigenvalue weighted by Gasteiger charge is -2.44. The van der Waals surface area contributed by atoms with Gasteiger partial charge in [0, 0.05) is 43.8 Å². The van der Waals surface area contributed by atoms with E-state index in [9.17, 15) is 9.59 Å². The summed E-state index contributed by atoms with van der Waals surface area (Å²) in [5.41, 5.74) is -0.990. The Morgan fingerprint density at radius 1 is 1.21 bits per heavy atom. The molecule has 1 N–H and O–H groups in total. The van der Waals surface area contributed by atoms with Crippen LogP contribution in [0.25, 0.3) is 0 Å². The van der Waals surface area contributed by atoms with E-state index in [1.807, 2.05) is 25.7 Å². The van der Waals surface area contributed by atoms with Crippen LogP contribution in [0.1, 0.15) is 85.0 Å². The normalized spacial score (nSPS) is 27.5. The van der Waals surface area contributed by atoms with Crippen LogP contribution in [0.15, 0.2) is 10.2 Å². The van der Waals surface area contributed by atoms with Crippen molar-refractivity contribution in [1.82, 2.24) is 10.2 Å². The monoisotopic (exact) mass is 402 g/mol. The van der Waals surface area contributed by atoms with Gasteiger partial charge in [-0.2, -0.15) is 10.2 Å². The molecule has 2 aliphatic heterocycles. The second-order valence-corrected chi connectivity index (χ2v) is 9.69. The number of carbonyl (C=O) groups excluding carboxylic acids is 2. The molecular weight excluding hydrogens is 368 g/mol. The molecule has 7 heteroatoms. The minimum atomic E-state index is -0.482. The Morgan fingerprint density at radius 3 is 2.48 bits per heavy atom. The molecule has 0 unspecified atom stereocenters. The highest BCUT2D eigenvalue weighted by Gasteiger charge is 2.47. The zero-order chi connectivity index (χ0) is 21.1. The molecule has 29 heavy (non-hydrogen) atoms. The molecule has 1 saturated heterocycles. The zero-order valence-corrected chi connectivity index (χ0v) is 18.0. The molecule has 0 bridgehead atoms. The Bertz CT molecular complexity index is 690. The van der Waals surface area contributed by atoms with Crippen LogP contribution in [0, 0.1) is 12.3 Å². The largest absolute Gasteiger partial charge is 0.444 e. The van der Waals surface area contributed by atoms with Crippen molar-refractivity contribution in [3.05, 3.63) is 0 Å². The van der Waals surface area contributed by atoms with Crippen molar-refractivity contribution < 1.29 is 14.3 Å². The molecule has 1 spiro atoms. The van der Waals surface area contributed by atoms with Crippen LogP contribution >= 0.6 is 0 Å². The Hall–Kier alpha value is -2.10. The van der Waals surface area contributed by atoms with Crippen LogP contribution in [0.3, 0.4) is 0 Å². The minimum Gasteiger partial charge on any atom is -0.444 e. The predicted molar refractivity (Wildman–Crippen MR) is 110 cm³/mol. The fourth-order valence-electron chi connectivity index (χ4n) is 4.64. The lowest BCUT2D eigenvalue weighted by atomic mass is 9.77. The predicted octanol–water partition coefficient (Wildman–Crippen LogP) is 4.17. The highest BCUT2D eigenvalue weighted by molar-refractivity contribution is 5.76. The third kappa shape index (κ3) is 5.49. The van der Waals surface area contributed by atoms with E-state index in [4.69, 9.17) is 11.2 Å². The number of nitrogens with zero attached hydrogens (tertiary/aromatic N) is 3. The van der Waals surface area contributed by atoms with E-state index in [1.54, 1.807) is 0 Å². The SMILES string of the molecule is C#CCCC1(CCC(=O)NC2CCC3(CCCN3C(=O)OC(C)(C)C)CC2)N=N1. The first-order chi connectivity index (χ1) is 13.7. The molecule has 7 nitrogen and oxygen atoms in total. The fourth-order valence-corrected chi connectivity index (χ4v) is 4.64. The van der Waals surface area contributed by atoms with E-state index in [0.29, 0.717) is 19.3 Å². The van der Waals surface area contributed by atoms with Gasteiger partial charge in [-0.15, -0.1) is 12.3 Å². The number of amides is 2. The molecule has 0 aromatic carbocycles. The van der Waals surface area contributed by atoms with Crippen LogP contribution in [0.4, 0.5) is 4.79 Å². The molecule has 2 fully saturated rings. The summed E-state index contributed by atoms with van der Waals surface area (Å²) in [7, 11) is 0. The lowest BCUT2D eigenvalue weighted by Crippen LogP contribution is -2.53. The minimum absolute atomic E-state index is 0.0544. The van der Waals surface area contributed by atoms with Crippen LogP contribution in [0.5, 0.6) is 0 Å². The molecule has 3 aliphatic rings. The molecule has 2 heterocycles. The average molecular weight is 403 g/mol. The molecule has 0 aromatic heterocycles. The summed E-state index contributed by atoms with van der Waals surface area (Å²) >= 11 is 0. The van der Waals surface area contributed by atoms with E-state index in [0.717, 1.165) is 51.5 Å². The molecule has 0 atom stereocenters. The van der Waals surface area contributed by atoms with Gasteiger partial charge >= 0.3 is 6.09 Å². The van der Waals surface area contributed by atoms with Crippen molar-refractivity contribution in [2.45, 2.75) is 108 Å². The topological polar surface area (TPSA) is 83.4 Å². The molecule has 1 aliphatic carbocycles. The standard InChI is InChI=1S/C22H34N4O3/c1-5-6-12-22(24-25-22)15-10-18(27)23-17-8-13-21(14-9-17)11-7-16-26(21)19(28)29-20(2,3)4/h1,17H,6-16H2,2-4H3,(H,23,27). The Kier molecular flexibility index (Phi) is 6.21. The van der Waals surface area contributed by atoms with Gasteiger partial charge in [0.25, 0.3) is 0 Å². The van der Waals surface area contributed by atoms with E-state index in [1.165, 1.54) is 0 Å². The van der Waals surface area contributed by atoms with Gasteiger partial charge in [0.15, 0.2) is 5.66 Å². The lowest BCUT2D eigenvalue weighted by molar-refractivity contribution is -0.122. The third-order valence-electron chi connectivity index (χ3n) is 6.30. The number of rotatable bonds is 6. The Balaban J connectivity index is 1.44. The van der Waals surface area contributed by atoms with E-state index in [-0.39, 0.29) is 23.6 Å². The molecule has 0 aromatic rings. The zero-order valence-electron chi connectivity index (χ0n) is 18.0. The van der Waals surface area contributed by atoms with Gasteiger partial charge in [0.05, 0.1) is 0 Å². The summed E-state index contributed by atoms with van der Waals surface area (Å²) in [6, 6.07) is 0.170. The Morgan fingerprint density at radius 2 is 1.90 bits per heavy atom. The maximum atomic E-state index is 12.7. The van der Waals surface area contributed by atoms with Crippen molar-refractivity contribution in [3.63, 3.8) is 0 Å². The number of carbonyl (C=O) groups is 2. The first kappa shape index (κ1) is 21.6. The maximum absolute atomic E-state index is 12.7. The van der Waals surface area contributed by atoms with Crippen molar-refractivity contribution in [3.8, 4) is 12.3 Å². The average Bonchev–Trinajstić information content (AvgIpc) is 3.31. The van der Waals surface area contributed by atoms with Crippen LogP contribution < -0.4 is 5.32 Å². The van der Waals surface area contributed by atoms with Crippen molar-refractivity contribution >= 4 is 12.0 Å². The highest BCUT2D eigenvalue weighted by Crippen LogP contribution is 2.42. The number of hydrogen-bond donors (Lipinski definition) is 1. The van der Waals surface area contributed by atoms with Crippen LogP contribution in [-0.2, 0) is 9.53 Å². The number of hydrogen-bond acceptors (Lipinski definition) is 5. The summed E-state index contributed by atoms with van der Waals surface area (Å²) in [6.07, 6.45) is 13.2. The number of ether oxygens (including phenoxy) is 1. The third-order valence-corrected chi connectivity index (χ3v) is 6.30.